The fraction of sp³-hybridized carbons (Fsp3) is 0.571. The van der Waals surface area contributed by atoms with E-state index in [-0.39, 0.29) is 6.61 Å². The molecule has 1 saturated carbocycles. The van der Waals surface area contributed by atoms with Gasteiger partial charge >= 0.3 is 0 Å². The van der Waals surface area contributed by atoms with E-state index in [2.05, 4.69) is 22.3 Å². The third-order valence-corrected chi connectivity index (χ3v) is 3.86. The summed E-state index contributed by atoms with van der Waals surface area (Å²) in [5.41, 5.74) is 2.24. The molecule has 0 amide bonds. The van der Waals surface area contributed by atoms with Crippen LogP contribution in [0.5, 0.6) is 0 Å². The molecule has 0 radical (unpaired) electrons. The molecule has 0 saturated heterocycles. The molecule has 1 aromatic carbocycles. The molecule has 0 atom stereocenters. The van der Waals surface area contributed by atoms with Crippen molar-refractivity contribution in [2.24, 2.45) is 0 Å². The second-order valence-electron chi connectivity index (χ2n) is 4.82. The van der Waals surface area contributed by atoms with E-state index in [9.17, 15) is 5.11 Å². The van der Waals surface area contributed by atoms with E-state index in [1.807, 2.05) is 13.1 Å². The van der Waals surface area contributed by atoms with Crippen LogP contribution in [0.15, 0.2) is 18.2 Å². The Balaban J connectivity index is 2.18. The van der Waals surface area contributed by atoms with Gasteiger partial charge in [-0.1, -0.05) is 17.7 Å². The van der Waals surface area contributed by atoms with Crippen molar-refractivity contribution in [2.45, 2.75) is 31.8 Å². The minimum Gasteiger partial charge on any atom is -0.395 e. The normalized spacial score (nSPS) is 15.5. The molecule has 0 heterocycles. The van der Waals surface area contributed by atoms with Gasteiger partial charge < -0.3 is 15.3 Å². The Bertz CT molecular complexity index is 393. The first kappa shape index (κ1) is 13.7. The molecule has 18 heavy (non-hydrogen) atoms. The van der Waals surface area contributed by atoms with Gasteiger partial charge in [-0.3, -0.25) is 0 Å². The summed E-state index contributed by atoms with van der Waals surface area (Å²) in [4.78, 5) is 2.25. The second kappa shape index (κ2) is 6.41. The number of hydrogen-bond donors (Lipinski definition) is 2. The van der Waals surface area contributed by atoms with Crippen molar-refractivity contribution >= 4 is 17.3 Å². The SMILES string of the molecule is CNCc1ccc(N(CCO)C2CCC2)c(Cl)c1. The van der Waals surface area contributed by atoms with Gasteiger partial charge in [0.2, 0.25) is 0 Å². The lowest BCUT2D eigenvalue weighted by molar-refractivity contribution is 0.283. The zero-order valence-electron chi connectivity index (χ0n) is 10.8. The number of nitrogens with one attached hydrogen (secondary N) is 1. The largest absolute Gasteiger partial charge is 0.395 e. The predicted octanol–water partition coefficient (Wildman–Crippen LogP) is 2.41. The number of anilines is 1. The molecule has 3 nitrogen and oxygen atoms in total. The van der Waals surface area contributed by atoms with E-state index in [0.717, 1.165) is 17.3 Å². The lowest BCUT2D eigenvalue weighted by atomic mass is 9.91. The smallest absolute Gasteiger partial charge is 0.0642 e. The average molecular weight is 269 g/mol. The Kier molecular flexibility index (Phi) is 4.87. The summed E-state index contributed by atoms with van der Waals surface area (Å²) in [6.45, 7) is 1.66. The molecule has 2 rings (SSSR count). The summed E-state index contributed by atoms with van der Waals surface area (Å²) in [7, 11) is 1.92. The summed E-state index contributed by atoms with van der Waals surface area (Å²) >= 11 is 6.37. The first-order valence-electron chi connectivity index (χ1n) is 6.56. The first-order valence-corrected chi connectivity index (χ1v) is 6.94. The van der Waals surface area contributed by atoms with Crippen LogP contribution >= 0.6 is 11.6 Å². The quantitative estimate of drug-likeness (QED) is 0.832. The second-order valence-corrected chi connectivity index (χ2v) is 5.23. The highest BCUT2D eigenvalue weighted by molar-refractivity contribution is 6.33. The van der Waals surface area contributed by atoms with E-state index in [4.69, 9.17) is 11.6 Å². The molecular formula is C14H21ClN2O. The van der Waals surface area contributed by atoms with Crippen LogP contribution in [-0.4, -0.2) is 31.3 Å². The summed E-state index contributed by atoms with van der Waals surface area (Å²) in [5.74, 6) is 0. The number of benzene rings is 1. The minimum atomic E-state index is 0.172. The van der Waals surface area contributed by atoms with Crippen LogP contribution in [0.25, 0.3) is 0 Å². The Hall–Kier alpha value is -0.770. The highest BCUT2D eigenvalue weighted by atomic mass is 35.5. The van der Waals surface area contributed by atoms with Crippen molar-refractivity contribution in [3.8, 4) is 0 Å². The molecule has 0 spiro atoms. The number of nitrogens with zero attached hydrogens (tertiary/aromatic N) is 1. The van der Waals surface area contributed by atoms with Crippen molar-refractivity contribution in [3.05, 3.63) is 28.8 Å². The molecule has 1 fully saturated rings. The van der Waals surface area contributed by atoms with Crippen molar-refractivity contribution in [3.63, 3.8) is 0 Å². The van der Waals surface area contributed by atoms with Crippen LogP contribution in [0.1, 0.15) is 24.8 Å². The van der Waals surface area contributed by atoms with Crippen molar-refractivity contribution in [1.82, 2.24) is 5.32 Å². The van der Waals surface area contributed by atoms with Crippen LogP contribution in [-0.2, 0) is 6.54 Å². The van der Waals surface area contributed by atoms with Gasteiger partial charge in [-0.25, -0.2) is 0 Å². The first-order chi connectivity index (χ1) is 8.76. The highest BCUT2D eigenvalue weighted by Gasteiger charge is 2.26. The summed E-state index contributed by atoms with van der Waals surface area (Å²) < 4.78 is 0. The summed E-state index contributed by atoms with van der Waals surface area (Å²) in [6, 6.07) is 6.73. The van der Waals surface area contributed by atoms with Gasteiger partial charge in [0.15, 0.2) is 0 Å². The molecule has 0 bridgehead atoms. The van der Waals surface area contributed by atoms with E-state index < -0.39 is 0 Å². The zero-order valence-corrected chi connectivity index (χ0v) is 11.6. The number of rotatable bonds is 6. The van der Waals surface area contributed by atoms with Crippen LogP contribution < -0.4 is 10.2 Å². The van der Waals surface area contributed by atoms with E-state index >= 15 is 0 Å². The highest BCUT2D eigenvalue weighted by Crippen LogP contribution is 2.34. The molecule has 0 unspecified atom stereocenters. The van der Waals surface area contributed by atoms with Crippen LogP contribution in [0, 0.1) is 0 Å². The molecule has 100 valence electrons. The Morgan fingerprint density at radius 2 is 2.22 bits per heavy atom. The molecule has 0 aromatic heterocycles. The topological polar surface area (TPSA) is 35.5 Å². The van der Waals surface area contributed by atoms with E-state index in [1.54, 1.807) is 0 Å². The molecule has 1 aliphatic carbocycles. The van der Waals surface area contributed by atoms with Gasteiger partial charge in [0.25, 0.3) is 0 Å². The molecule has 1 aromatic rings. The summed E-state index contributed by atoms with van der Waals surface area (Å²) in [6.07, 6.45) is 3.69. The van der Waals surface area contributed by atoms with Gasteiger partial charge in [-0.2, -0.15) is 0 Å². The standard InChI is InChI=1S/C14H21ClN2O/c1-16-10-11-5-6-14(13(15)9-11)17(7-8-18)12-3-2-4-12/h5-6,9,12,16,18H,2-4,7-8,10H2,1H3. The lowest BCUT2D eigenvalue weighted by Gasteiger charge is -2.39. The van der Waals surface area contributed by atoms with Gasteiger partial charge in [-0.05, 0) is 44.0 Å². The maximum Gasteiger partial charge on any atom is 0.0642 e. The van der Waals surface area contributed by atoms with Gasteiger partial charge in [0.1, 0.15) is 0 Å². The van der Waals surface area contributed by atoms with Crippen molar-refractivity contribution in [1.29, 1.82) is 0 Å². The van der Waals surface area contributed by atoms with Crippen LogP contribution in [0.2, 0.25) is 5.02 Å². The maximum atomic E-state index is 9.20. The van der Waals surface area contributed by atoms with Gasteiger partial charge in [0.05, 0.1) is 17.3 Å². The molecular weight excluding hydrogens is 248 g/mol. The number of aliphatic hydroxyl groups excluding tert-OH is 1. The fourth-order valence-electron chi connectivity index (χ4n) is 2.40. The Morgan fingerprint density at radius 1 is 1.44 bits per heavy atom. The Morgan fingerprint density at radius 3 is 2.72 bits per heavy atom. The van der Waals surface area contributed by atoms with Crippen molar-refractivity contribution in [2.75, 3.05) is 25.1 Å². The fourth-order valence-corrected chi connectivity index (χ4v) is 2.71. The average Bonchev–Trinajstić information content (AvgIpc) is 2.27. The monoisotopic (exact) mass is 268 g/mol. The van der Waals surface area contributed by atoms with E-state index in [0.29, 0.717) is 12.6 Å². The lowest BCUT2D eigenvalue weighted by Crippen LogP contribution is -2.42. The molecule has 1 aliphatic rings. The van der Waals surface area contributed by atoms with Gasteiger partial charge in [-0.15, -0.1) is 0 Å². The molecule has 2 N–H and O–H groups in total. The van der Waals surface area contributed by atoms with Gasteiger partial charge in [0, 0.05) is 19.1 Å². The number of aliphatic hydroxyl groups is 1. The molecule has 0 aliphatic heterocycles. The van der Waals surface area contributed by atoms with Crippen molar-refractivity contribution < 1.29 is 5.11 Å². The van der Waals surface area contributed by atoms with Crippen LogP contribution in [0.4, 0.5) is 5.69 Å². The summed E-state index contributed by atoms with van der Waals surface area (Å²) in [5, 5.41) is 13.1. The molecule has 4 heteroatoms. The number of hydrogen-bond acceptors (Lipinski definition) is 3. The Labute approximate surface area is 114 Å². The maximum absolute atomic E-state index is 9.20. The van der Waals surface area contributed by atoms with Crippen LogP contribution in [0.3, 0.4) is 0 Å². The number of halogens is 1. The predicted molar refractivity (Wildman–Crippen MR) is 76.3 cm³/mol. The third kappa shape index (κ3) is 2.97. The third-order valence-electron chi connectivity index (χ3n) is 3.56. The minimum absolute atomic E-state index is 0.172. The zero-order chi connectivity index (χ0) is 13.0. The van der Waals surface area contributed by atoms with E-state index in [1.165, 1.54) is 24.8 Å².